The summed E-state index contributed by atoms with van der Waals surface area (Å²) in [4.78, 5) is 0. The van der Waals surface area contributed by atoms with Crippen molar-refractivity contribution in [2.24, 2.45) is 5.10 Å². The topological polar surface area (TPSA) is 43.3 Å². The smallest absolute Gasteiger partial charge is 0.231 e. The van der Waals surface area contributed by atoms with Crippen LogP contribution >= 0.6 is 11.6 Å². The van der Waals surface area contributed by atoms with E-state index < -0.39 is 0 Å². The average Bonchev–Trinajstić information content (AvgIpc) is 3.40. The highest BCUT2D eigenvalue weighted by Crippen LogP contribution is 2.48. The third-order valence-corrected chi connectivity index (χ3v) is 5.77. The zero-order valence-corrected chi connectivity index (χ0v) is 16.2. The zero-order chi connectivity index (χ0) is 19.4. The number of fused-ring (bicyclic) bond motifs is 4. The van der Waals surface area contributed by atoms with E-state index in [2.05, 4.69) is 6.07 Å². The van der Waals surface area contributed by atoms with E-state index in [9.17, 15) is 0 Å². The number of benzene rings is 3. The van der Waals surface area contributed by atoms with Crippen LogP contribution in [0.25, 0.3) is 0 Å². The molecule has 29 heavy (non-hydrogen) atoms. The van der Waals surface area contributed by atoms with E-state index in [1.807, 2.05) is 65.7 Å². The second kappa shape index (κ2) is 6.42. The molecule has 5 nitrogen and oxygen atoms in total. The van der Waals surface area contributed by atoms with Crippen LogP contribution in [0.4, 0.5) is 0 Å². The number of hydrogen-bond acceptors (Lipinski definition) is 5. The summed E-state index contributed by atoms with van der Waals surface area (Å²) in [7, 11) is 0. The number of halogens is 1. The van der Waals surface area contributed by atoms with E-state index in [0.29, 0.717) is 5.02 Å². The Balaban J connectivity index is 1.44. The molecular formula is C23H17ClN2O3. The number of nitrogens with zero attached hydrogens (tertiary/aromatic N) is 2. The molecule has 0 bridgehead atoms. The minimum atomic E-state index is -0.333. The lowest BCUT2D eigenvalue weighted by atomic mass is 9.96. The molecule has 0 saturated carbocycles. The molecule has 3 aliphatic heterocycles. The third-order valence-electron chi connectivity index (χ3n) is 5.54. The van der Waals surface area contributed by atoms with Gasteiger partial charge < -0.3 is 14.2 Å². The molecule has 6 heteroatoms. The highest BCUT2D eigenvalue weighted by Gasteiger charge is 2.41. The second-order valence-corrected chi connectivity index (χ2v) is 7.71. The fourth-order valence-corrected chi connectivity index (χ4v) is 4.36. The quantitative estimate of drug-likeness (QED) is 0.580. The first-order valence-corrected chi connectivity index (χ1v) is 9.91. The molecule has 0 amide bonds. The van der Waals surface area contributed by atoms with Gasteiger partial charge in [0.2, 0.25) is 13.0 Å². The first kappa shape index (κ1) is 16.7. The van der Waals surface area contributed by atoms with Gasteiger partial charge in [0.05, 0.1) is 11.8 Å². The van der Waals surface area contributed by atoms with Gasteiger partial charge in [0.15, 0.2) is 11.5 Å². The average molecular weight is 405 g/mol. The summed E-state index contributed by atoms with van der Waals surface area (Å²) in [5.41, 5.74) is 4.16. The molecule has 0 fully saturated rings. The predicted octanol–water partition coefficient (Wildman–Crippen LogP) is 5.31. The molecule has 0 radical (unpaired) electrons. The van der Waals surface area contributed by atoms with Gasteiger partial charge in [-0.3, -0.25) is 0 Å². The SMILES string of the molecule is Clc1cccc([C@H]2Oc3ccccc3[C@@H]3CC(c4ccc5c(c4)OCO5)=NN23)c1. The van der Waals surface area contributed by atoms with Crippen molar-refractivity contribution in [2.45, 2.75) is 18.7 Å². The minimum Gasteiger partial charge on any atom is -0.464 e. The van der Waals surface area contributed by atoms with Crippen LogP contribution in [0.2, 0.25) is 5.02 Å². The van der Waals surface area contributed by atoms with Crippen LogP contribution in [0.3, 0.4) is 0 Å². The number of ether oxygens (including phenoxy) is 3. The number of hydrogen-bond donors (Lipinski definition) is 0. The Morgan fingerprint density at radius 1 is 0.897 bits per heavy atom. The van der Waals surface area contributed by atoms with Gasteiger partial charge in [-0.2, -0.15) is 5.10 Å². The van der Waals surface area contributed by atoms with Crippen molar-refractivity contribution in [3.8, 4) is 17.2 Å². The van der Waals surface area contributed by atoms with Gasteiger partial charge in [-0.25, -0.2) is 5.01 Å². The van der Waals surface area contributed by atoms with E-state index in [1.165, 1.54) is 0 Å². The Labute approximate surface area is 173 Å². The molecule has 0 aliphatic carbocycles. The summed E-state index contributed by atoms with van der Waals surface area (Å²) in [5, 5.41) is 7.71. The van der Waals surface area contributed by atoms with E-state index in [0.717, 1.165) is 46.1 Å². The zero-order valence-electron chi connectivity index (χ0n) is 15.4. The summed E-state index contributed by atoms with van der Waals surface area (Å²) >= 11 is 6.25. The van der Waals surface area contributed by atoms with Gasteiger partial charge in [0, 0.05) is 28.1 Å². The molecule has 3 aromatic rings. The number of hydrazone groups is 1. The van der Waals surface area contributed by atoms with Crippen LogP contribution < -0.4 is 14.2 Å². The van der Waals surface area contributed by atoms with Crippen LogP contribution in [-0.2, 0) is 0 Å². The molecule has 0 saturated heterocycles. The minimum absolute atomic E-state index is 0.101. The van der Waals surface area contributed by atoms with E-state index in [4.69, 9.17) is 30.9 Å². The normalized spacial score (nSPS) is 21.3. The number of para-hydroxylation sites is 1. The molecule has 3 aliphatic rings. The molecular weight excluding hydrogens is 388 g/mol. The Morgan fingerprint density at radius 3 is 2.72 bits per heavy atom. The summed E-state index contributed by atoms with van der Waals surface area (Å²) < 4.78 is 17.3. The van der Waals surface area contributed by atoms with Crippen molar-refractivity contribution in [3.63, 3.8) is 0 Å². The van der Waals surface area contributed by atoms with E-state index >= 15 is 0 Å². The summed E-state index contributed by atoms with van der Waals surface area (Å²) in [6.07, 6.45) is 0.456. The molecule has 0 N–H and O–H groups in total. The lowest BCUT2D eigenvalue weighted by Gasteiger charge is -2.38. The Kier molecular flexibility index (Phi) is 3.71. The van der Waals surface area contributed by atoms with Crippen LogP contribution in [0.5, 0.6) is 17.2 Å². The largest absolute Gasteiger partial charge is 0.464 e. The Hall–Kier alpha value is -3.18. The predicted molar refractivity (Wildman–Crippen MR) is 110 cm³/mol. The first-order chi connectivity index (χ1) is 14.3. The molecule has 0 unspecified atom stereocenters. The van der Waals surface area contributed by atoms with E-state index in [1.54, 1.807) is 0 Å². The van der Waals surface area contributed by atoms with Crippen molar-refractivity contribution >= 4 is 17.3 Å². The van der Waals surface area contributed by atoms with Crippen LogP contribution in [0, 0.1) is 0 Å². The van der Waals surface area contributed by atoms with Crippen LogP contribution in [-0.4, -0.2) is 17.5 Å². The lowest BCUT2D eigenvalue weighted by molar-refractivity contribution is -0.0190. The third kappa shape index (κ3) is 2.73. The molecule has 0 aromatic heterocycles. The fourth-order valence-electron chi connectivity index (χ4n) is 4.16. The van der Waals surface area contributed by atoms with Crippen molar-refractivity contribution in [1.29, 1.82) is 0 Å². The van der Waals surface area contributed by atoms with Crippen molar-refractivity contribution in [1.82, 2.24) is 5.01 Å². The van der Waals surface area contributed by atoms with Crippen molar-refractivity contribution in [2.75, 3.05) is 6.79 Å². The monoisotopic (exact) mass is 404 g/mol. The van der Waals surface area contributed by atoms with Crippen LogP contribution in [0.15, 0.2) is 71.8 Å². The van der Waals surface area contributed by atoms with Gasteiger partial charge in [0.25, 0.3) is 0 Å². The molecule has 2 atom stereocenters. The summed E-state index contributed by atoms with van der Waals surface area (Å²) in [6.45, 7) is 0.262. The number of rotatable bonds is 2. The van der Waals surface area contributed by atoms with Gasteiger partial charge >= 0.3 is 0 Å². The van der Waals surface area contributed by atoms with Gasteiger partial charge in [-0.05, 0) is 36.4 Å². The van der Waals surface area contributed by atoms with Crippen molar-refractivity contribution in [3.05, 3.63) is 88.4 Å². The molecule has 3 aromatic carbocycles. The maximum Gasteiger partial charge on any atom is 0.231 e. The van der Waals surface area contributed by atoms with Crippen LogP contribution in [0.1, 0.15) is 35.4 Å². The summed E-state index contributed by atoms with van der Waals surface area (Å²) in [6, 6.07) is 22.0. The lowest BCUT2D eigenvalue weighted by Crippen LogP contribution is -2.33. The van der Waals surface area contributed by atoms with Gasteiger partial charge in [-0.15, -0.1) is 0 Å². The molecule has 0 spiro atoms. The second-order valence-electron chi connectivity index (χ2n) is 7.28. The Morgan fingerprint density at radius 2 is 1.79 bits per heavy atom. The maximum absolute atomic E-state index is 6.36. The fraction of sp³-hybridized carbons (Fsp3) is 0.174. The molecule has 6 rings (SSSR count). The first-order valence-electron chi connectivity index (χ1n) is 9.53. The van der Waals surface area contributed by atoms with Gasteiger partial charge in [0.1, 0.15) is 5.75 Å². The molecule has 144 valence electrons. The van der Waals surface area contributed by atoms with Gasteiger partial charge in [-0.1, -0.05) is 41.9 Å². The summed E-state index contributed by atoms with van der Waals surface area (Å²) in [5.74, 6) is 2.43. The highest BCUT2D eigenvalue weighted by atomic mass is 35.5. The van der Waals surface area contributed by atoms with Crippen molar-refractivity contribution < 1.29 is 14.2 Å². The standard InChI is InChI=1S/C23H17ClN2O3/c24-16-5-3-4-15(10-16)23-26-19(17-6-1-2-7-20(17)29-23)12-18(25-26)14-8-9-21-22(11-14)28-13-27-21/h1-11,19,23H,12-13H2/t19-,23+/m0/s1. The maximum atomic E-state index is 6.36. The van der Waals surface area contributed by atoms with E-state index in [-0.39, 0.29) is 19.1 Å². The Bertz CT molecular complexity index is 1150. The molecule has 3 heterocycles. The highest BCUT2D eigenvalue weighted by molar-refractivity contribution is 6.30.